The second kappa shape index (κ2) is 12.8. The molecule has 0 saturated heterocycles. The highest BCUT2D eigenvalue weighted by Gasteiger charge is 2.00. The second-order valence-electron chi connectivity index (χ2n) is 5.41. The Bertz CT molecular complexity index is 424. The fraction of sp³-hybridized carbons (Fsp3) is 0.647. The van der Waals surface area contributed by atoms with Crippen molar-refractivity contribution in [1.82, 2.24) is 20.5 Å². The van der Waals surface area contributed by atoms with Crippen molar-refractivity contribution in [1.29, 1.82) is 0 Å². The molecule has 0 aliphatic heterocycles. The normalized spacial score (nSPS) is 11.7. The molecule has 23 heavy (non-hydrogen) atoms. The van der Waals surface area contributed by atoms with Crippen LogP contribution in [0.25, 0.3) is 0 Å². The largest absolute Gasteiger partial charge is 0.385 e. The molecule has 0 aliphatic carbocycles. The number of hydrogen-bond acceptors (Lipinski definition) is 4. The number of aromatic nitrogens is 1. The number of ether oxygens (including phenoxy) is 1. The van der Waals surface area contributed by atoms with Gasteiger partial charge in [-0.1, -0.05) is 6.07 Å². The molecule has 0 aliphatic rings. The number of pyridine rings is 1. The van der Waals surface area contributed by atoms with E-state index in [0.29, 0.717) is 0 Å². The van der Waals surface area contributed by atoms with Crippen molar-refractivity contribution in [3.63, 3.8) is 0 Å². The zero-order valence-electron chi connectivity index (χ0n) is 14.7. The number of guanidine groups is 1. The number of hydrogen-bond donors (Lipinski definition) is 2. The summed E-state index contributed by atoms with van der Waals surface area (Å²) in [6, 6.07) is 5.99. The maximum absolute atomic E-state index is 5.07. The van der Waals surface area contributed by atoms with E-state index >= 15 is 0 Å². The fourth-order valence-electron chi connectivity index (χ4n) is 2.12. The summed E-state index contributed by atoms with van der Waals surface area (Å²) < 4.78 is 5.07. The predicted molar refractivity (Wildman–Crippen MR) is 95.9 cm³/mol. The van der Waals surface area contributed by atoms with Gasteiger partial charge in [0.2, 0.25) is 0 Å². The molecule has 130 valence electrons. The molecule has 2 N–H and O–H groups in total. The van der Waals surface area contributed by atoms with Crippen molar-refractivity contribution in [2.75, 3.05) is 53.5 Å². The molecule has 6 heteroatoms. The minimum Gasteiger partial charge on any atom is -0.385 e. The lowest BCUT2D eigenvalue weighted by Gasteiger charge is -2.16. The first-order valence-electron chi connectivity index (χ1n) is 8.35. The highest BCUT2D eigenvalue weighted by atomic mass is 16.5. The van der Waals surface area contributed by atoms with Gasteiger partial charge in [0.1, 0.15) is 0 Å². The van der Waals surface area contributed by atoms with Gasteiger partial charge in [-0.3, -0.25) is 9.98 Å². The van der Waals surface area contributed by atoms with Gasteiger partial charge in [-0.05, 0) is 32.5 Å². The van der Waals surface area contributed by atoms with Gasteiger partial charge in [0.25, 0.3) is 0 Å². The molecule has 1 heterocycles. The van der Waals surface area contributed by atoms with E-state index in [4.69, 9.17) is 4.74 Å². The van der Waals surface area contributed by atoms with Gasteiger partial charge in [-0.25, -0.2) is 0 Å². The van der Waals surface area contributed by atoms with Gasteiger partial charge in [0.15, 0.2) is 5.96 Å². The zero-order valence-corrected chi connectivity index (χ0v) is 14.7. The van der Waals surface area contributed by atoms with Crippen LogP contribution in [0.5, 0.6) is 0 Å². The van der Waals surface area contributed by atoms with E-state index in [-0.39, 0.29) is 0 Å². The van der Waals surface area contributed by atoms with Crippen LogP contribution in [-0.2, 0) is 11.2 Å². The van der Waals surface area contributed by atoms with Crippen LogP contribution in [0, 0.1) is 0 Å². The van der Waals surface area contributed by atoms with E-state index in [0.717, 1.165) is 63.8 Å². The van der Waals surface area contributed by atoms with E-state index in [1.54, 1.807) is 7.11 Å². The van der Waals surface area contributed by atoms with E-state index in [1.807, 2.05) is 24.4 Å². The topological polar surface area (TPSA) is 61.8 Å². The van der Waals surface area contributed by atoms with E-state index in [1.165, 1.54) is 0 Å². The van der Waals surface area contributed by atoms with Gasteiger partial charge in [-0.2, -0.15) is 0 Å². The van der Waals surface area contributed by atoms with Crippen molar-refractivity contribution in [3.05, 3.63) is 30.1 Å². The Balaban J connectivity index is 2.26. The summed E-state index contributed by atoms with van der Waals surface area (Å²) in [6.45, 7) is 7.33. The Morgan fingerprint density at radius 1 is 1.30 bits per heavy atom. The molecule has 0 amide bonds. The molecule has 0 fully saturated rings. The standard InChI is InChI=1S/C17H31N5O/c1-4-18-17(20-11-9-16-8-5-6-10-19-16)21-12-14-22(2)13-7-15-23-3/h5-6,8,10H,4,7,9,11-15H2,1-3H3,(H2,18,20,21). The van der Waals surface area contributed by atoms with E-state index in [9.17, 15) is 0 Å². The molecular weight excluding hydrogens is 290 g/mol. The minimum atomic E-state index is 0.780. The summed E-state index contributed by atoms with van der Waals surface area (Å²) in [5.74, 6) is 0.869. The molecule has 1 aromatic heterocycles. The SMILES string of the molecule is CCNC(=NCCN(C)CCCOC)NCCc1ccccn1. The van der Waals surface area contributed by atoms with Crippen LogP contribution < -0.4 is 10.6 Å². The monoisotopic (exact) mass is 321 g/mol. The lowest BCUT2D eigenvalue weighted by molar-refractivity contribution is 0.180. The zero-order chi connectivity index (χ0) is 16.8. The third kappa shape index (κ3) is 9.86. The van der Waals surface area contributed by atoms with Crippen LogP contribution >= 0.6 is 0 Å². The van der Waals surface area contributed by atoms with Gasteiger partial charge >= 0.3 is 0 Å². The Kier molecular flexibility index (Phi) is 10.8. The van der Waals surface area contributed by atoms with Gasteiger partial charge in [0, 0.05) is 58.2 Å². The fourth-order valence-corrected chi connectivity index (χ4v) is 2.12. The summed E-state index contributed by atoms with van der Waals surface area (Å²) in [6.07, 6.45) is 3.77. The van der Waals surface area contributed by atoms with Crippen LogP contribution in [0.2, 0.25) is 0 Å². The van der Waals surface area contributed by atoms with Crippen molar-refractivity contribution in [2.45, 2.75) is 19.8 Å². The Labute approximate surface area is 140 Å². The van der Waals surface area contributed by atoms with Crippen LogP contribution in [0.1, 0.15) is 19.0 Å². The predicted octanol–water partition coefficient (Wildman–Crippen LogP) is 1.15. The molecule has 0 saturated carbocycles. The molecule has 0 bridgehead atoms. The molecule has 1 rings (SSSR count). The Morgan fingerprint density at radius 3 is 2.87 bits per heavy atom. The van der Waals surface area contributed by atoms with Crippen LogP contribution in [0.3, 0.4) is 0 Å². The molecule has 0 aromatic carbocycles. The van der Waals surface area contributed by atoms with E-state index in [2.05, 4.69) is 39.5 Å². The third-order valence-electron chi connectivity index (χ3n) is 3.38. The number of rotatable bonds is 11. The summed E-state index contributed by atoms with van der Waals surface area (Å²) in [4.78, 5) is 11.2. The van der Waals surface area contributed by atoms with Gasteiger partial charge in [-0.15, -0.1) is 0 Å². The first kappa shape index (κ1) is 19.4. The average molecular weight is 321 g/mol. The molecule has 0 spiro atoms. The van der Waals surface area contributed by atoms with Crippen molar-refractivity contribution >= 4 is 5.96 Å². The van der Waals surface area contributed by atoms with E-state index < -0.39 is 0 Å². The van der Waals surface area contributed by atoms with Crippen LogP contribution in [0.4, 0.5) is 0 Å². The van der Waals surface area contributed by atoms with Gasteiger partial charge in [0.05, 0.1) is 6.54 Å². The Morgan fingerprint density at radius 2 is 2.17 bits per heavy atom. The average Bonchev–Trinajstić information content (AvgIpc) is 2.56. The number of nitrogens with zero attached hydrogens (tertiary/aromatic N) is 3. The number of likely N-dealkylation sites (N-methyl/N-ethyl adjacent to an activating group) is 1. The number of aliphatic imine (C=N–C) groups is 1. The summed E-state index contributed by atoms with van der Waals surface area (Å²) in [7, 11) is 3.86. The molecule has 0 atom stereocenters. The molecule has 0 unspecified atom stereocenters. The van der Waals surface area contributed by atoms with Crippen molar-refractivity contribution in [2.24, 2.45) is 4.99 Å². The smallest absolute Gasteiger partial charge is 0.191 e. The lowest BCUT2D eigenvalue weighted by atomic mass is 10.3. The summed E-state index contributed by atoms with van der Waals surface area (Å²) in [5, 5.41) is 6.63. The van der Waals surface area contributed by atoms with Crippen molar-refractivity contribution in [3.8, 4) is 0 Å². The first-order chi connectivity index (χ1) is 11.3. The summed E-state index contributed by atoms with van der Waals surface area (Å²) >= 11 is 0. The first-order valence-corrected chi connectivity index (χ1v) is 8.35. The molecule has 1 aromatic rings. The Hall–Kier alpha value is -1.66. The molecular formula is C17H31N5O. The number of methoxy groups -OCH3 is 1. The second-order valence-corrected chi connectivity index (χ2v) is 5.41. The minimum absolute atomic E-state index is 0.780. The highest BCUT2D eigenvalue weighted by Crippen LogP contribution is 1.93. The summed E-state index contributed by atoms with van der Waals surface area (Å²) in [5.41, 5.74) is 1.09. The quantitative estimate of drug-likeness (QED) is 0.364. The number of nitrogens with one attached hydrogen (secondary N) is 2. The van der Waals surface area contributed by atoms with Gasteiger partial charge < -0.3 is 20.3 Å². The van der Waals surface area contributed by atoms with Crippen LogP contribution in [0.15, 0.2) is 29.4 Å². The maximum atomic E-state index is 5.07. The third-order valence-corrected chi connectivity index (χ3v) is 3.38. The maximum Gasteiger partial charge on any atom is 0.191 e. The lowest BCUT2D eigenvalue weighted by Crippen LogP contribution is -2.39. The molecule has 6 nitrogen and oxygen atoms in total. The van der Waals surface area contributed by atoms with Crippen molar-refractivity contribution < 1.29 is 4.74 Å². The highest BCUT2D eigenvalue weighted by molar-refractivity contribution is 5.79. The molecule has 0 radical (unpaired) electrons. The van der Waals surface area contributed by atoms with Crippen LogP contribution in [-0.4, -0.2) is 69.3 Å².